The van der Waals surface area contributed by atoms with Crippen LogP contribution in [0.2, 0.25) is 0 Å². The van der Waals surface area contributed by atoms with E-state index in [1.807, 2.05) is 0 Å². The molecule has 9 nitrogen and oxygen atoms in total. The molecule has 0 saturated heterocycles. The Kier molecular flexibility index (Phi) is 48.0. The molecule has 0 spiro atoms. The molecule has 0 aliphatic rings. The molecule has 0 aliphatic carbocycles. The van der Waals surface area contributed by atoms with Crippen molar-refractivity contribution in [3.8, 4) is 0 Å². The van der Waals surface area contributed by atoms with E-state index in [0.717, 1.165) is 109 Å². The maximum Gasteiger partial charge on any atom is 0.472 e. The number of carbonyl (C=O) groups is 2. The van der Waals surface area contributed by atoms with Crippen LogP contribution in [-0.4, -0.2) is 49.3 Å². The molecule has 372 valence electrons. The molecule has 0 aromatic carbocycles. The Morgan fingerprint density at radius 1 is 0.477 bits per heavy atom. The van der Waals surface area contributed by atoms with Crippen LogP contribution in [0.5, 0.6) is 0 Å². The Balaban J connectivity index is 4.14. The van der Waals surface area contributed by atoms with Crippen LogP contribution in [0.15, 0.2) is 97.2 Å². The fourth-order valence-electron chi connectivity index (χ4n) is 6.67. The monoisotopic (exact) mass is 928 g/mol. The zero-order valence-electron chi connectivity index (χ0n) is 41.2. The summed E-state index contributed by atoms with van der Waals surface area (Å²) in [5.41, 5.74) is 5.36. The molecule has 65 heavy (non-hydrogen) atoms. The molecule has 0 radical (unpaired) electrons. The van der Waals surface area contributed by atoms with Gasteiger partial charge in [-0.05, 0) is 96.3 Å². The van der Waals surface area contributed by atoms with Crippen molar-refractivity contribution in [1.29, 1.82) is 0 Å². The lowest BCUT2D eigenvalue weighted by Gasteiger charge is -2.19. The van der Waals surface area contributed by atoms with Gasteiger partial charge in [0.05, 0.1) is 13.2 Å². The van der Waals surface area contributed by atoms with Crippen molar-refractivity contribution in [3.05, 3.63) is 97.2 Å². The van der Waals surface area contributed by atoms with Crippen LogP contribution in [0.25, 0.3) is 0 Å². The SMILES string of the molecule is CC/C=C\C/C=C\C/C=C\C/C=C\C/C=C\C/C=C\C/C=C\CCCCCCCC(=O)OC(COC(=O)CCCCCCCCC/C=C\CCCCCCCC)COP(=O)(O)OCCN. The molecular formula is C55H94NO8P. The van der Waals surface area contributed by atoms with Crippen LogP contribution in [0, 0.1) is 0 Å². The summed E-state index contributed by atoms with van der Waals surface area (Å²) >= 11 is 0. The third kappa shape index (κ3) is 50.2. The minimum absolute atomic E-state index is 0.0443. The van der Waals surface area contributed by atoms with Crippen molar-refractivity contribution < 1.29 is 37.6 Å². The highest BCUT2D eigenvalue weighted by Gasteiger charge is 2.26. The lowest BCUT2D eigenvalue weighted by Crippen LogP contribution is -2.29. The van der Waals surface area contributed by atoms with E-state index in [-0.39, 0.29) is 32.6 Å². The maximum absolute atomic E-state index is 12.7. The largest absolute Gasteiger partial charge is 0.472 e. The lowest BCUT2D eigenvalue weighted by atomic mass is 10.1. The molecular weight excluding hydrogens is 834 g/mol. The average Bonchev–Trinajstić information content (AvgIpc) is 3.30. The van der Waals surface area contributed by atoms with E-state index >= 15 is 0 Å². The van der Waals surface area contributed by atoms with Crippen LogP contribution >= 0.6 is 7.82 Å². The quantitative estimate of drug-likeness (QED) is 0.0265. The van der Waals surface area contributed by atoms with E-state index in [0.29, 0.717) is 6.42 Å². The molecule has 0 amide bonds. The first-order valence-corrected chi connectivity index (χ1v) is 27.2. The van der Waals surface area contributed by atoms with Crippen molar-refractivity contribution in [2.75, 3.05) is 26.4 Å². The van der Waals surface area contributed by atoms with Gasteiger partial charge in [-0.15, -0.1) is 0 Å². The highest BCUT2D eigenvalue weighted by Crippen LogP contribution is 2.43. The average molecular weight is 928 g/mol. The summed E-state index contributed by atoms with van der Waals surface area (Å²) in [5.74, 6) is -0.860. The van der Waals surface area contributed by atoms with E-state index in [4.69, 9.17) is 24.3 Å². The molecule has 2 unspecified atom stereocenters. The molecule has 0 rings (SSSR count). The number of allylic oxidation sites excluding steroid dienone is 16. The number of unbranched alkanes of at least 4 members (excludes halogenated alkanes) is 18. The minimum atomic E-state index is -4.40. The standard InChI is InChI=1S/C55H94NO8P/c1-3-5-7-9-11-13-15-17-19-21-22-23-24-25-26-27-28-29-30-32-34-36-38-40-42-44-46-48-55(58)64-53(52-63-65(59,60)62-50-49-56)51-61-54(57)47-45-43-41-39-37-35-33-31-20-18-16-14-12-10-8-6-4-2/h5,7,11,13,17-20,22-23,25-26,28-29,32,34,53H,3-4,6,8-10,12,14-16,21,24,27,30-31,33,35-52,56H2,1-2H3,(H,59,60)/b7-5-,13-11-,19-17-,20-18-,23-22-,26-25-,29-28-,34-32-. The van der Waals surface area contributed by atoms with Gasteiger partial charge in [0.1, 0.15) is 6.61 Å². The number of rotatable bonds is 47. The summed E-state index contributed by atoms with van der Waals surface area (Å²) in [7, 11) is -4.40. The molecule has 10 heteroatoms. The van der Waals surface area contributed by atoms with E-state index in [1.54, 1.807) is 0 Å². The number of hydrogen-bond donors (Lipinski definition) is 2. The number of ether oxygens (including phenoxy) is 2. The second-order valence-electron chi connectivity index (χ2n) is 16.7. The summed E-state index contributed by atoms with van der Waals surface area (Å²) in [5, 5.41) is 0. The summed E-state index contributed by atoms with van der Waals surface area (Å²) in [6.07, 6.45) is 65.8. The van der Waals surface area contributed by atoms with Crippen LogP contribution < -0.4 is 5.73 Å². The molecule has 0 bridgehead atoms. The number of hydrogen-bond acceptors (Lipinski definition) is 8. The van der Waals surface area contributed by atoms with Gasteiger partial charge in [-0.3, -0.25) is 18.6 Å². The first-order chi connectivity index (χ1) is 31.8. The highest BCUT2D eigenvalue weighted by atomic mass is 31.2. The normalized spacial score (nSPS) is 14.0. The molecule has 0 aromatic heterocycles. The summed E-state index contributed by atoms with van der Waals surface area (Å²) in [6, 6.07) is 0. The summed E-state index contributed by atoms with van der Waals surface area (Å²) < 4.78 is 32.9. The van der Waals surface area contributed by atoms with Crippen LogP contribution in [0.3, 0.4) is 0 Å². The van der Waals surface area contributed by atoms with Crippen molar-refractivity contribution in [2.45, 2.75) is 213 Å². The number of phosphoric acid groups is 1. The van der Waals surface area contributed by atoms with Gasteiger partial charge >= 0.3 is 19.8 Å². The van der Waals surface area contributed by atoms with Crippen molar-refractivity contribution >= 4 is 19.8 Å². The number of nitrogens with two attached hydrogens (primary N) is 1. The predicted molar refractivity (Wildman–Crippen MR) is 275 cm³/mol. The fraction of sp³-hybridized carbons (Fsp3) is 0.673. The molecule has 0 heterocycles. The van der Waals surface area contributed by atoms with Crippen LogP contribution in [0.4, 0.5) is 0 Å². The van der Waals surface area contributed by atoms with Crippen molar-refractivity contribution in [3.63, 3.8) is 0 Å². The molecule has 0 saturated carbocycles. The zero-order chi connectivity index (χ0) is 47.4. The smallest absolute Gasteiger partial charge is 0.462 e. The third-order valence-corrected chi connectivity index (χ3v) is 11.4. The van der Waals surface area contributed by atoms with Crippen molar-refractivity contribution in [2.24, 2.45) is 5.73 Å². The van der Waals surface area contributed by atoms with Gasteiger partial charge in [-0.25, -0.2) is 4.57 Å². The van der Waals surface area contributed by atoms with Gasteiger partial charge in [0.2, 0.25) is 0 Å². The predicted octanol–water partition coefficient (Wildman–Crippen LogP) is 15.7. The second kappa shape index (κ2) is 50.3. The van der Waals surface area contributed by atoms with E-state index in [9.17, 15) is 19.0 Å². The number of carbonyl (C=O) groups excluding carboxylic acids is 2. The van der Waals surface area contributed by atoms with Crippen molar-refractivity contribution in [1.82, 2.24) is 0 Å². The lowest BCUT2D eigenvalue weighted by molar-refractivity contribution is -0.161. The molecule has 2 atom stereocenters. The van der Waals surface area contributed by atoms with E-state index in [2.05, 4.69) is 111 Å². The molecule has 0 fully saturated rings. The first kappa shape index (κ1) is 61.9. The topological polar surface area (TPSA) is 134 Å². The summed E-state index contributed by atoms with van der Waals surface area (Å²) in [6.45, 7) is 3.59. The van der Waals surface area contributed by atoms with Gasteiger partial charge in [0.15, 0.2) is 6.10 Å². The zero-order valence-corrected chi connectivity index (χ0v) is 42.1. The Hall–Kier alpha value is -3.07. The van der Waals surface area contributed by atoms with Gasteiger partial charge in [-0.2, -0.15) is 0 Å². The minimum Gasteiger partial charge on any atom is -0.462 e. The number of esters is 2. The maximum atomic E-state index is 12.7. The first-order valence-electron chi connectivity index (χ1n) is 25.7. The third-order valence-electron chi connectivity index (χ3n) is 10.5. The Morgan fingerprint density at radius 2 is 0.846 bits per heavy atom. The highest BCUT2D eigenvalue weighted by molar-refractivity contribution is 7.47. The summed E-state index contributed by atoms with van der Waals surface area (Å²) in [4.78, 5) is 35.1. The molecule has 0 aliphatic heterocycles. The van der Waals surface area contributed by atoms with Gasteiger partial charge < -0.3 is 20.1 Å². The van der Waals surface area contributed by atoms with Gasteiger partial charge in [0, 0.05) is 19.4 Å². The van der Waals surface area contributed by atoms with E-state index in [1.165, 1.54) is 64.2 Å². The van der Waals surface area contributed by atoms with Crippen LogP contribution in [-0.2, 0) is 32.7 Å². The Morgan fingerprint density at radius 3 is 1.28 bits per heavy atom. The fourth-order valence-corrected chi connectivity index (χ4v) is 7.43. The van der Waals surface area contributed by atoms with Gasteiger partial charge in [-0.1, -0.05) is 195 Å². The van der Waals surface area contributed by atoms with Gasteiger partial charge in [0.25, 0.3) is 0 Å². The second-order valence-corrected chi connectivity index (χ2v) is 18.1. The van der Waals surface area contributed by atoms with E-state index < -0.39 is 32.5 Å². The van der Waals surface area contributed by atoms with Crippen LogP contribution in [0.1, 0.15) is 206 Å². The Bertz CT molecular complexity index is 1380. The molecule has 3 N–H and O–H groups in total. The molecule has 0 aromatic rings. The Labute approximate surface area is 397 Å². The number of phosphoric ester groups is 1.